The topological polar surface area (TPSA) is 34.2 Å². The smallest absolute Gasteiger partial charge is 0.230 e. The summed E-state index contributed by atoms with van der Waals surface area (Å²) in [4.78, 5) is 5.15. The minimum atomic E-state index is 0.176. The molecule has 0 saturated heterocycles. The average molecular weight is 231 g/mol. The normalized spacial score (nSPS) is 20.9. The summed E-state index contributed by atoms with van der Waals surface area (Å²) in [5.74, 6) is 0.638. The van der Waals surface area contributed by atoms with E-state index in [2.05, 4.69) is 16.6 Å². The van der Waals surface area contributed by atoms with Gasteiger partial charge in [-0.1, -0.05) is 18.5 Å². The van der Waals surface area contributed by atoms with Crippen molar-refractivity contribution in [2.45, 2.75) is 24.3 Å². The van der Waals surface area contributed by atoms with Crippen LogP contribution in [0.3, 0.4) is 0 Å². The molecule has 0 saturated carbocycles. The molecule has 0 bridgehead atoms. The molecule has 1 N–H and O–H groups in total. The number of ether oxygens (including phenoxy) is 1. The van der Waals surface area contributed by atoms with E-state index in [-0.39, 0.29) is 6.10 Å². The van der Waals surface area contributed by atoms with Crippen LogP contribution in [-0.2, 0) is 0 Å². The summed E-state index contributed by atoms with van der Waals surface area (Å²) in [5.41, 5.74) is 0. The van der Waals surface area contributed by atoms with E-state index in [9.17, 15) is 0 Å². The molecule has 0 spiro atoms. The van der Waals surface area contributed by atoms with E-state index in [4.69, 9.17) is 16.3 Å². The number of rotatable bonds is 1. The van der Waals surface area contributed by atoms with Crippen molar-refractivity contribution < 1.29 is 4.74 Å². The van der Waals surface area contributed by atoms with Gasteiger partial charge in [-0.05, 0) is 30.5 Å². The van der Waals surface area contributed by atoms with Gasteiger partial charge in [0.2, 0.25) is 5.88 Å². The van der Waals surface area contributed by atoms with Crippen molar-refractivity contribution in [3.63, 3.8) is 0 Å². The minimum absolute atomic E-state index is 0.176. The lowest BCUT2D eigenvalue weighted by molar-refractivity contribution is 0.191. The molecule has 3 nitrogen and oxygen atoms in total. The van der Waals surface area contributed by atoms with Crippen LogP contribution < -0.4 is 9.46 Å². The maximum Gasteiger partial charge on any atom is 0.230 e. The Morgan fingerprint density at radius 3 is 3.36 bits per heavy atom. The zero-order chi connectivity index (χ0) is 9.97. The van der Waals surface area contributed by atoms with Crippen molar-refractivity contribution in [1.29, 1.82) is 0 Å². The average Bonchev–Trinajstić information content (AvgIpc) is 2.38. The molecule has 1 atom stereocenters. The highest BCUT2D eigenvalue weighted by molar-refractivity contribution is 7.97. The van der Waals surface area contributed by atoms with Crippen molar-refractivity contribution in [3.8, 4) is 5.88 Å². The summed E-state index contributed by atoms with van der Waals surface area (Å²) in [6.45, 7) is 2.92. The second-order valence-corrected chi connectivity index (χ2v) is 4.36. The molecule has 0 unspecified atom stereocenters. The van der Waals surface area contributed by atoms with E-state index < -0.39 is 0 Å². The molecular weight excluding hydrogens is 220 g/mol. The molecule has 1 aliphatic rings. The third-order valence-electron chi connectivity index (χ3n) is 2.02. The van der Waals surface area contributed by atoms with Gasteiger partial charge in [0.1, 0.15) is 11.3 Å². The Kier molecular flexibility index (Phi) is 3.15. The lowest BCUT2D eigenvalue weighted by Crippen LogP contribution is -2.25. The highest BCUT2D eigenvalue weighted by Crippen LogP contribution is 2.30. The molecule has 2 rings (SSSR count). The molecule has 0 amide bonds. The van der Waals surface area contributed by atoms with Gasteiger partial charge < -0.3 is 4.74 Å². The first-order valence-corrected chi connectivity index (χ1v) is 5.72. The number of fused-ring (bicyclic) bond motifs is 1. The Bertz CT molecular complexity index is 335. The predicted octanol–water partition coefficient (Wildman–Crippen LogP) is 2.50. The second kappa shape index (κ2) is 4.38. The van der Waals surface area contributed by atoms with Crippen LogP contribution in [0.4, 0.5) is 0 Å². The lowest BCUT2D eigenvalue weighted by Gasteiger charge is -2.13. The Hall–Kier alpha value is -0.450. The molecule has 0 aliphatic carbocycles. The molecule has 0 aromatic carbocycles. The van der Waals surface area contributed by atoms with Gasteiger partial charge in [-0.2, -0.15) is 0 Å². The molecule has 1 aliphatic heterocycles. The van der Waals surface area contributed by atoms with Crippen molar-refractivity contribution in [2.75, 3.05) is 6.54 Å². The number of pyridine rings is 1. The second-order valence-electron chi connectivity index (χ2n) is 3.04. The van der Waals surface area contributed by atoms with Gasteiger partial charge in [-0.3, -0.25) is 4.72 Å². The predicted molar refractivity (Wildman–Crippen MR) is 57.8 cm³/mol. The number of nitrogens with zero attached hydrogens (tertiary/aromatic N) is 1. The molecule has 0 radical (unpaired) electrons. The molecule has 2 heterocycles. The van der Waals surface area contributed by atoms with Gasteiger partial charge in [-0.15, -0.1) is 0 Å². The fourth-order valence-corrected chi connectivity index (χ4v) is 2.09. The van der Waals surface area contributed by atoms with E-state index in [0.29, 0.717) is 11.0 Å². The third kappa shape index (κ3) is 2.13. The quantitative estimate of drug-likeness (QED) is 0.594. The van der Waals surface area contributed by atoms with E-state index in [1.807, 2.05) is 6.07 Å². The maximum absolute atomic E-state index is 5.80. The van der Waals surface area contributed by atoms with Crippen LogP contribution in [0.15, 0.2) is 17.0 Å². The van der Waals surface area contributed by atoms with Crippen LogP contribution in [0.5, 0.6) is 5.88 Å². The van der Waals surface area contributed by atoms with E-state index in [1.165, 1.54) is 0 Å². The van der Waals surface area contributed by atoms with Gasteiger partial charge in [-0.25, -0.2) is 4.98 Å². The van der Waals surface area contributed by atoms with Crippen LogP contribution in [-0.4, -0.2) is 17.6 Å². The van der Waals surface area contributed by atoms with Crippen molar-refractivity contribution >= 4 is 23.5 Å². The fourth-order valence-electron chi connectivity index (χ4n) is 1.21. The van der Waals surface area contributed by atoms with Gasteiger partial charge >= 0.3 is 0 Å². The molecule has 5 heteroatoms. The van der Waals surface area contributed by atoms with Crippen molar-refractivity contribution in [3.05, 3.63) is 17.3 Å². The zero-order valence-electron chi connectivity index (χ0n) is 7.79. The summed E-state index contributed by atoms with van der Waals surface area (Å²) in [5, 5.41) is 0.473. The molecule has 1 aromatic rings. The van der Waals surface area contributed by atoms with Crippen LogP contribution in [0.25, 0.3) is 0 Å². The largest absolute Gasteiger partial charge is 0.472 e. The molecule has 1 aromatic heterocycles. The highest BCUT2D eigenvalue weighted by atomic mass is 35.5. The Balaban J connectivity index is 2.28. The molecular formula is C9H11ClN2OS. The monoisotopic (exact) mass is 230 g/mol. The van der Waals surface area contributed by atoms with Crippen LogP contribution in [0, 0.1) is 0 Å². The third-order valence-corrected chi connectivity index (χ3v) is 3.07. The van der Waals surface area contributed by atoms with Gasteiger partial charge in [0.15, 0.2) is 0 Å². The number of aromatic nitrogens is 1. The SMILES string of the molecule is CC[C@@H]1CNSc2ccc(Cl)nc2O1. The van der Waals surface area contributed by atoms with Gasteiger partial charge in [0.25, 0.3) is 0 Å². The van der Waals surface area contributed by atoms with Crippen molar-refractivity contribution in [2.24, 2.45) is 0 Å². The van der Waals surface area contributed by atoms with Crippen LogP contribution in [0.1, 0.15) is 13.3 Å². The maximum atomic E-state index is 5.80. The highest BCUT2D eigenvalue weighted by Gasteiger charge is 2.17. The summed E-state index contributed by atoms with van der Waals surface area (Å²) >= 11 is 7.34. The lowest BCUT2D eigenvalue weighted by atomic mass is 10.3. The van der Waals surface area contributed by atoms with E-state index in [0.717, 1.165) is 17.9 Å². The fraction of sp³-hybridized carbons (Fsp3) is 0.444. The summed E-state index contributed by atoms with van der Waals surface area (Å²) in [6.07, 6.45) is 1.14. The van der Waals surface area contributed by atoms with E-state index >= 15 is 0 Å². The number of hydrogen-bond acceptors (Lipinski definition) is 4. The Morgan fingerprint density at radius 1 is 1.71 bits per heavy atom. The van der Waals surface area contributed by atoms with E-state index in [1.54, 1.807) is 18.0 Å². The van der Waals surface area contributed by atoms with Gasteiger partial charge in [0, 0.05) is 6.54 Å². The summed E-state index contributed by atoms with van der Waals surface area (Å²) in [7, 11) is 0. The first-order chi connectivity index (χ1) is 6.79. The molecule has 76 valence electrons. The van der Waals surface area contributed by atoms with Crippen molar-refractivity contribution in [1.82, 2.24) is 9.71 Å². The van der Waals surface area contributed by atoms with Crippen LogP contribution in [0.2, 0.25) is 5.15 Å². The summed E-state index contributed by atoms with van der Waals surface area (Å²) in [6, 6.07) is 3.69. The van der Waals surface area contributed by atoms with Crippen LogP contribution >= 0.6 is 23.5 Å². The number of hydrogen-bond donors (Lipinski definition) is 1. The minimum Gasteiger partial charge on any atom is -0.472 e. The molecule has 0 fully saturated rings. The Morgan fingerprint density at radius 2 is 2.57 bits per heavy atom. The first kappa shape index (κ1) is 10.1. The standard InChI is InChI=1S/C9H11ClN2OS/c1-2-6-5-11-14-7-3-4-8(10)12-9(7)13-6/h3-4,6,11H,2,5H2,1H3/t6-/m1/s1. The zero-order valence-corrected chi connectivity index (χ0v) is 9.36. The number of nitrogens with one attached hydrogen (secondary N) is 1. The number of halogens is 1. The Labute approximate surface area is 92.3 Å². The van der Waals surface area contributed by atoms with Gasteiger partial charge in [0.05, 0.1) is 4.90 Å². The first-order valence-electron chi connectivity index (χ1n) is 4.52. The summed E-state index contributed by atoms with van der Waals surface area (Å²) < 4.78 is 8.94. The molecule has 14 heavy (non-hydrogen) atoms.